The second-order valence-electron chi connectivity index (χ2n) is 8.14. The second kappa shape index (κ2) is 8.69. The topological polar surface area (TPSA) is 46.8 Å². The third-order valence-corrected chi connectivity index (χ3v) is 4.03. The van der Waals surface area contributed by atoms with Gasteiger partial charge in [0.25, 0.3) is 0 Å². The number of aliphatic imine (C=N–C) groups is 2. The fourth-order valence-electron chi connectivity index (χ4n) is 2.42. The molecule has 5 heteroatoms. The van der Waals surface area contributed by atoms with E-state index in [0.717, 1.165) is 16.9 Å². The highest BCUT2D eigenvalue weighted by Crippen LogP contribution is 2.37. The molecule has 1 aromatic carbocycles. The molecular formula is C22H28ClN3O. The number of ether oxygens (including phenoxy) is 1. The molecule has 0 unspecified atom stereocenters. The Kier molecular flexibility index (Phi) is 6.80. The zero-order valence-electron chi connectivity index (χ0n) is 17.2. The molecule has 0 fully saturated rings. The van der Waals surface area contributed by atoms with E-state index in [1.807, 2.05) is 39.0 Å². The zero-order chi connectivity index (χ0) is 20.2. The van der Waals surface area contributed by atoms with Crippen molar-refractivity contribution in [2.24, 2.45) is 9.98 Å². The molecule has 0 bridgehead atoms. The smallest absolute Gasteiger partial charge is 0.219 e. The third kappa shape index (κ3) is 6.20. The molecule has 144 valence electrons. The first-order valence-electron chi connectivity index (χ1n) is 9.22. The molecule has 0 spiro atoms. The van der Waals surface area contributed by atoms with Gasteiger partial charge in [-0.15, -0.1) is 0 Å². The molecule has 1 aromatic heterocycles. The average molecular weight is 386 g/mol. The molecule has 0 saturated heterocycles. The highest BCUT2D eigenvalue weighted by molar-refractivity contribution is 6.30. The van der Waals surface area contributed by atoms with E-state index in [1.54, 1.807) is 12.1 Å². The van der Waals surface area contributed by atoms with E-state index in [4.69, 9.17) is 21.3 Å². The van der Waals surface area contributed by atoms with Crippen molar-refractivity contribution in [2.45, 2.75) is 65.8 Å². The van der Waals surface area contributed by atoms with Crippen LogP contribution in [0.2, 0.25) is 5.02 Å². The molecule has 27 heavy (non-hydrogen) atoms. The van der Waals surface area contributed by atoms with Crippen molar-refractivity contribution < 1.29 is 4.74 Å². The average Bonchev–Trinajstić information content (AvgIpc) is 2.56. The van der Waals surface area contributed by atoms with Gasteiger partial charge in [0.1, 0.15) is 11.4 Å². The third-order valence-electron chi connectivity index (χ3n) is 3.78. The van der Waals surface area contributed by atoms with Gasteiger partial charge in [0.2, 0.25) is 5.88 Å². The summed E-state index contributed by atoms with van der Waals surface area (Å²) in [6, 6.07) is 12.1. The lowest BCUT2D eigenvalue weighted by Gasteiger charge is -2.17. The minimum atomic E-state index is -0.218. The van der Waals surface area contributed by atoms with Gasteiger partial charge in [-0.3, -0.25) is 0 Å². The van der Waals surface area contributed by atoms with Crippen LogP contribution < -0.4 is 4.74 Å². The Morgan fingerprint density at radius 2 is 1.67 bits per heavy atom. The summed E-state index contributed by atoms with van der Waals surface area (Å²) in [6.45, 7) is 14.5. The lowest BCUT2D eigenvalue weighted by molar-refractivity contribution is 0.458. The van der Waals surface area contributed by atoms with Crippen LogP contribution in [0.3, 0.4) is 0 Å². The molecule has 2 aromatic rings. The fraction of sp³-hybridized carbons (Fsp3) is 0.455. The van der Waals surface area contributed by atoms with Crippen molar-refractivity contribution in [3.05, 3.63) is 46.6 Å². The number of halogens is 1. The van der Waals surface area contributed by atoms with Crippen molar-refractivity contribution in [1.82, 2.24) is 4.98 Å². The zero-order valence-corrected chi connectivity index (χ0v) is 17.9. The van der Waals surface area contributed by atoms with Crippen LogP contribution in [0.25, 0.3) is 0 Å². The highest BCUT2D eigenvalue weighted by atomic mass is 35.5. The summed E-state index contributed by atoms with van der Waals surface area (Å²) in [5.74, 6) is 1.69. The Labute approximate surface area is 167 Å². The summed E-state index contributed by atoms with van der Waals surface area (Å²) in [4.78, 5) is 13.6. The van der Waals surface area contributed by atoms with Gasteiger partial charge in [0.05, 0.1) is 17.2 Å². The van der Waals surface area contributed by atoms with Crippen LogP contribution in [0.4, 0.5) is 5.69 Å². The number of benzene rings is 1. The van der Waals surface area contributed by atoms with Crippen LogP contribution in [0.15, 0.2) is 40.3 Å². The van der Waals surface area contributed by atoms with Crippen LogP contribution >= 0.6 is 11.6 Å². The maximum absolute atomic E-state index is 5.97. The molecular weight excluding hydrogens is 358 g/mol. The summed E-state index contributed by atoms with van der Waals surface area (Å²) in [5.41, 5.74) is 2.55. The van der Waals surface area contributed by atoms with E-state index in [-0.39, 0.29) is 17.4 Å². The van der Waals surface area contributed by atoms with E-state index < -0.39 is 0 Å². The number of rotatable bonds is 5. The molecule has 0 saturated carbocycles. The lowest BCUT2D eigenvalue weighted by Crippen LogP contribution is -2.08. The van der Waals surface area contributed by atoms with Gasteiger partial charge >= 0.3 is 0 Å². The molecule has 0 radical (unpaired) electrons. The summed E-state index contributed by atoms with van der Waals surface area (Å²) >= 11 is 5.95. The summed E-state index contributed by atoms with van der Waals surface area (Å²) in [5, 5.41) is 0.670. The van der Waals surface area contributed by atoms with Gasteiger partial charge in [-0.05, 0) is 62.4 Å². The molecule has 0 atom stereocenters. The van der Waals surface area contributed by atoms with Crippen molar-refractivity contribution in [2.75, 3.05) is 0 Å². The van der Waals surface area contributed by atoms with Crippen LogP contribution in [0.1, 0.15) is 71.6 Å². The molecule has 4 nitrogen and oxygen atoms in total. The van der Waals surface area contributed by atoms with Gasteiger partial charge < -0.3 is 4.74 Å². The van der Waals surface area contributed by atoms with E-state index >= 15 is 0 Å². The molecule has 0 N–H and O–H groups in total. The first kappa shape index (κ1) is 21.1. The van der Waals surface area contributed by atoms with Crippen LogP contribution in [-0.4, -0.2) is 16.5 Å². The Bertz CT molecular complexity index is 814. The maximum Gasteiger partial charge on any atom is 0.219 e. The molecule has 0 aliphatic heterocycles. The van der Waals surface area contributed by atoms with Crippen LogP contribution in [0.5, 0.6) is 11.6 Å². The number of hydrogen-bond acceptors (Lipinski definition) is 4. The van der Waals surface area contributed by atoms with E-state index in [1.165, 1.54) is 0 Å². The van der Waals surface area contributed by atoms with E-state index in [2.05, 4.69) is 43.7 Å². The number of hydrogen-bond donors (Lipinski definition) is 0. The first-order valence-corrected chi connectivity index (χ1v) is 9.60. The Hall–Kier alpha value is -2.16. The maximum atomic E-state index is 5.97. The summed E-state index contributed by atoms with van der Waals surface area (Å²) < 4.78 is 5.97. The summed E-state index contributed by atoms with van der Waals surface area (Å²) in [7, 11) is 0. The standard InChI is InChI=1S/C22H28ClN3O/c1-14(2)18-12-19(27-17-10-8-16(23)9-11-17)26-20(15(3)4)21(18)24-13-25-22(5,6)7/h8-12,14-15H,1-7H3. The highest BCUT2D eigenvalue weighted by Gasteiger charge is 2.18. The van der Waals surface area contributed by atoms with Crippen LogP contribution in [0, 0.1) is 0 Å². The quantitative estimate of drug-likeness (QED) is 0.504. The van der Waals surface area contributed by atoms with Crippen molar-refractivity contribution >= 4 is 23.3 Å². The molecule has 1 heterocycles. The van der Waals surface area contributed by atoms with Gasteiger partial charge in [-0.1, -0.05) is 39.3 Å². The largest absolute Gasteiger partial charge is 0.439 e. The van der Waals surface area contributed by atoms with E-state index in [0.29, 0.717) is 16.7 Å². The predicted octanol–water partition coefficient (Wildman–Crippen LogP) is 7.38. The molecule has 0 amide bonds. The normalized spacial score (nSPS) is 11.5. The SMILES string of the molecule is CC(C)c1cc(Oc2ccc(Cl)cc2)nc(C(C)C)c1N=C=NC(C)(C)C. The Morgan fingerprint density at radius 1 is 1.04 bits per heavy atom. The Balaban J connectivity index is 2.53. The first-order chi connectivity index (χ1) is 12.6. The van der Waals surface area contributed by atoms with Gasteiger partial charge in [-0.2, -0.15) is 4.99 Å². The number of pyridine rings is 1. The number of aromatic nitrogens is 1. The van der Waals surface area contributed by atoms with Gasteiger partial charge in [-0.25, -0.2) is 9.98 Å². The molecule has 2 rings (SSSR count). The van der Waals surface area contributed by atoms with Crippen molar-refractivity contribution in [1.29, 1.82) is 0 Å². The van der Waals surface area contributed by atoms with E-state index in [9.17, 15) is 0 Å². The van der Waals surface area contributed by atoms with Crippen LogP contribution in [-0.2, 0) is 0 Å². The monoisotopic (exact) mass is 385 g/mol. The van der Waals surface area contributed by atoms with Crippen molar-refractivity contribution in [3.63, 3.8) is 0 Å². The minimum absolute atomic E-state index is 0.187. The lowest BCUT2D eigenvalue weighted by atomic mass is 9.97. The second-order valence-corrected chi connectivity index (χ2v) is 8.58. The molecule has 0 aliphatic rings. The van der Waals surface area contributed by atoms with Crippen molar-refractivity contribution in [3.8, 4) is 11.6 Å². The fourth-order valence-corrected chi connectivity index (χ4v) is 2.54. The predicted molar refractivity (Wildman–Crippen MR) is 113 cm³/mol. The summed E-state index contributed by atoms with van der Waals surface area (Å²) in [6.07, 6.45) is 0. The number of nitrogens with zero attached hydrogens (tertiary/aromatic N) is 3. The molecule has 0 aliphatic carbocycles. The minimum Gasteiger partial charge on any atom is -0.439 e. The van der Waals surface area contributed by atoms with Gasteiger partial charge in [0, 0.05) is 11.1 Å². The van der Waals surface area contributed by atoms with Gasteiger partial charge in [0.15, 0.2) is 0 Å². The Morgan fingerprint density at radius 3 is 2.19 bits per heavy atom.